The van der Waals surface area contributed by atoms with Crippen LogP contribution in [-0.4, -0.2) is 33.9 Å². The van der Waals surface area contributed by atoms with E-state index in [1.165, 1.54) is 5.56 Å². The average molecular weight is 374 g/mol. The highest BCUT2D eigenvalue weighted by Crippen LogP contribution is 2.22. The first-order valence-electron chi connectivity index (χ1n) is 10.1. The van der Waals surface area contributed by atoms with E-state index in [2.05, 4.69) is 40.3 Å². The largest absolute Gasteiger partial charge is 0.342 e. The van der Waals surface area contributed by atoms with Crippen molar-refractivity contribution in [2.45, 2.75) is 39.5 Å². The van der Waals surface area contributed by atoms with Crippen LogP contribution in [0, 0.1) is 19.8 Å². The number of piperidine rings is 1. The zero-order valence-corrected chi connectivity index (χ0v) is 16.7. The number of rotatable bonds is 4. The fraction of sp³-hybridized carbons (Fsp3) is 0.375. The van der Waals surface area contributed by atoms with Gasteiger partial charge in [0, 0.05) is 13.1 Å². The molecule has 0 radical (unpaired) electrons. The van der Waals surface area contributed by atoms with Crippen molar-refractivity contribution in [2.24, 2.45) is 5.92 Å². The van der Waals surface area contributed by atoms with Gasteiger partial charge < -0.3 is 4.90 Å². The van der Waals surface area contributed by atoms with Crippen LogP contribution in [-0.2, 0) is 17.6 Å². The van der Waals surface area contributed by atoms with Crippen molar-refractivity contribution >= 4 is 16.9 Å². The van der Waals surface area contributed by atoms with Gasteiger partial charge in [-0.2, -0.15) is 0 Å². The molecule has 0 N–H and O–H groups in total. The number of carbonyl (C=O) groups excluding carboxylic acids is 1. The van der Waals surface area contributed by atoms with Crippen molar-refractivity contribution < 1.29 is 4.79 Å². The van der Waals surface area contributed by atoms with Crippen LogP contribution in [0.1, 0.15) is 35.4 Å². The SMILES string of the molecule is Cc1nc2ccc(CC(=O)N3CCC(Cc4ccccc4)CC3)cc2nc1C. The molecular formula is C24H27N3O. The third-order valence-corrected chi connectivity index (χ3v) is 5.83. The predicted octanol–water partition coefficient (Wildman–Crippen LogP) is 4.27. The van der Waals surface area contributed by atoms with Crippen molar-refractivity contribution in [2.75, 3.05) is 13.1 Å². The average Bonchev–Trinajstić information content (AvgIpc) is 2.70. The summed E-state index contributed by atoms with van der Waals surface area (Å²) >= 11 is 0. The molecule has 0 saturated carbocycles. The molecule has 4 rings (SSSR count). The number of hydrogen-bond acceptors (Lipinski definition) is 3. The van der Waals surface area contributed by atoms with E-state index in [1.54, 1.807) is 0 Å². The van der Waals surface area contributed by atoms with Crippen LogP contribution < -0.4 is 0 Å². The van der Waals surface area contributed by atoms with Crippen molar-refractivity contribution in [3.63, 3.8) is 0 Å². The van der Waals surface area contributed by atoms with Gasteiger partial charge in [-0.1, -0.05) is 36.4 Å². The molecule has 144 valence electrons. The Labute approximate surface area is 166 Å². The first kappa shape index (κ1) is 18.6. The number of amides is 1. The molecule has 2 aromatic carbocycles. The van der Waals surface area contributed by atoms with Gasteiger partial charge in [0.15, 0.2) is 0 Å². The minimum Gasteiger partial charge on any atom is -0.342 e. The first-order chi connectivity index (χ1) is 13.6. The van der Waals surface area contributed by atoms with Crippen molar-refractivity contribution in [3.8, 4) is 0 Å². The maximum Gasteiger partial charge on any atom is 0.226 e. The minimum atomic E-state index is 0.217. The lowest BCUT2D eigenvalue weighted by molar-refractivity contribution is -0.131. The number of hydrogen-bond donors (Lipinski definition) is 0. The van der Waals surface area contributed by atoms with Gasteiger partial charge in [0.1, 0.15) is 0 Å². The second-order valence-corrected chi connectivity index (χ2v) is 7.91. The third kappa shape index (κ3) is 4.22. The first-order valence-corrected chi connectivity index (χ1v) is 10.1. The van der Waals surface area contributed by atoms with Crippen LogP contribution in [0.4, 0.5) is 0 Å². The maximum atomic E-state index is 12.8. The Hall–Kier alpha value is -2.75. The van der Waals surface area contributed by atoms with Crippen LogP contribution in [0.15, 0.2) is 48.5 Å². The number of fused-ring (bicyclic) bond motifs is 1. The number of carbonyl (C=O) groups is 1. The Balaban J connectivity index is 1.35. The summed E-state index contributed by atoms with van der Waals surface area (Å²) in [7, 11) is 0. The molecule has 0 aliphatic carbocycles. The highest BCUT2D eigenvalue weighted by Gasteiger charge is 2.23. The Morgan fingerprint density at radius 3 is 2.32 bits per heavy atom. The Bertz CT molecular complexity index is 976. The monoisotopic (exact) mass is 373 g/mol. The summed E-state index contributed by atoms with van der Waals surface area (Å²) in [6, 6.07) is 16.7. The summed E-state index contributed by atoms with van der Waals surface area (Å²) in [6.45, 7) is 5.67. The summed E-state index contributed by atoms with van der Waals surface area (Å²) in [5, 5.41) is 0. The summed E-state index contributed by atoms with van der Waals surface area (Å²) in [6.07, 6.45) is 3.73. The number of benzene rings is 2. The van der Waals surface area contributed by atoms with Crippen molar-refractivity contribution in [1.82, 2.24) is 14.9 Å². The zero-order chi connectivity index (χ0) is 19.5. The second kappa shape index (κ2) is 8.09. The lowest BCUT2D eigenvalue weighted by Crippen LogP contribution is -2.39. The molecule has 0 unspecified atom stereocenters. The molecule has 2 heterocycles. The minimum absolute atomic E-state index is 0.217. The van der Waals surface area contributed by atoms with Crippen LogP contribution in [0.2, 0.25) is 0 Å². The zero-order valence-electron chi connectivity index (χ0n) is 16.7. The molecule has 1 aliphatic rings. The van der Waals surface area contributed by atoms with Crippen LogP contribution >= 0.6 is 0 Å². The normalized spacial score (nSPS) is 15.1. The van der Waals surface area contributed by atoms with Gasteiger partial charge >= 0.3 is 0 Å². The molecule has 1 amide bonds. The lowest BCUT2D eigenvalue weighted by atomic mass is 9.90. The quantitative estimate of drug-likeness (QED) is 0.686. The molecule has 3 aromatic rings. The van der Waals surface area contributed by atoms with E-state index < -0.39 is 0 Å². The molecule has 4 heteroatoms. The molecular weight excluding hydrogens is 346 g/mol. The van der Waals surface area contributed by atoms with Gasteiger partial charge in [-0.05, 0) is 62.3 Å². The molecule has 4 nitrogen and oxygen atoms in total. The Morgan fingerprint density at radius 2 is 1.61 bits per heavy atom. The van der Waals surface area contributed by atoms with Crippen LogP contribution in [0.3, 0.4) is 0 Å². The molecule has 0 spiro atoms. The summed E-state index contributed by atoms with van der Waals surface area (Å²) in [4.78, 5) is 24.0. The predicted molar refractivity (Wildman–Crippen MR) is 112 cm³/mol. The summed E-state index contributed by atoms with van der Waals surface area (Å²) in [5.74, 6) is 0.892. The molecule has 28 heavy (non-hydrogen) atoms. The fourth-order valence-electron chi connectivity index (χ4n) is 4.01. The fourth-order valence-corrected chi connectivity index (χ4v) is 4.01. The molecule has 1 fully saturated rings. The molecule has 0 atom stereocenters. The molecule has 1 aromatic heterocycles. The number of aromatic nitrogens is 2. The standard InChI is InChI=1S/C24H27N3O/c1-17-18(2)26-23-15-21(8-9-22(23)25-17)16-24(28)27-12-10-20(11-13-27)14-19-6-4-3-5-7-19/h3-9,15,20H,10-14,16H2,1-2H3. The lowest BCUT2D eigenvalue weighted by Gasteiger charge is -2.32. The van der Waals surface area contributed by atoms with E-state index in [9.17, 15) is 4.79 Å². The van der Waals surface area contributed by atoms with E-state index in [0.29, 0.717) is 12.3 Å². The Kier molecular flexibility index (Phi) is 5.38. The highest BCUT2D eigenvalue weighted by molar-refractivity contribution is 5.81. The summed E-state index contributed by atoms with van der Waals surface area (Å²) in [5.41, 5.74) is 6.07. The van der Waals surface area contributed by atoms with Gasteiger partial charge in [-0.25, -0.2) is 9.97 Å². The maximum absolute atomic E-state index is 12.8. The van der Waals surface area contributed by atoms with Gasteiger partial charge in [0.2, 0.25) is 5.91 Å². The summed E-state index contributed by atoms with van der Waals surface area (Å²) < 4.78 is 0. The van der Waals surface area contributed by atoms with Crippen LogP contribution in [0.25, 0.3) is 11.0 Å². The van der Waals surface area contributed by atoms with Gasteiger partial charge in [0.25, 0.3) is 0 Å². The number of likely N-dealkylation sites (tertiary alicyclic amines) is 1. The van der Waals surface area contributed by atoms with E-state index >= 15 is 0 Å². The topological polar surface area (TPSA) is 46.1 Å². The molecule has 0 bridgehead atoms. The molecule has 1 saturated heterocycles. The van der Waals surface area contributed by atoms with Crippen molar-refractivity contribution in [1.29, 1.82) is 0 Å². The smallest absolute Gasteiger partial charge is 0.226 e. The number of nitrogens with zero attached hydrogens (tertiary/aromatic N) is 3. The Morgan fingerprint density at radius 1 is 0.929 bits per heavy atom. The van der Waals surface area contributed by atoms with Crippen molar-refractivity contribution in [3.05, 3.63) is 71.0 Å². The van der Waals surface area contributed by atoms with E-state index in [1.807, 2.05) is 36.9 Å². The van der Waals surface area contributed by atoms with Crippen LogP contribution in [0.5, 0.6) is 0 Å². The highest BCUT2D eigenvalue weighted by atomic mass is 16.2. The van der Waals surface area contributed by atoms with Gasteiger partial charge in [-0.3, -0.25) is 4.79 Å². The number of aryl methyl sites for hydroxylation is 2. The van der Waals surface area contributed by atoms with Gasteiger partial charge in [-0.15, -0.1) is 0 Å². The third-order valence-electron chi connectivity index (χ3n) is 5.83. The van der Waals surface area contributed by atoms with Gasteiger partial charge in [0.05, 0.1) is 28.8 Å². The molecule has 1 aliphatic heterocycles. The second-order valence-electron chi connectivity index (χ2n) is 7.91. The van der Waals surface area contributed by atoms with E-state index in [-0.39, 0.29) is 5.91 Å². The van der Waals surface area contributed by atoms with E-state index in [4.69, 9.17) is 0 Å². The van der Waals surface area contributed by atoms with E-state index in [0.717, 1.165) is 60.3 Å².